The van der Waals surface area contributed by atoms with Crippen LogP contribution in [0.5, 0.6) is 0 Å². The standard InChI is InChI=1S/C12H22N2O3S/c1-3-17-11(15)8-13-12(16)14-9-5-6-10(7-9)18-4-2/h9-10H,3-8H2,1-2H3,(H2,13,14,16). The van der Waals surface area contributed by atoms with Crippen molar-refractivity contribution in [3.63, 3.8) is 0 Å². The lowest BCUT2D eigenvalue weighted by Crippen LogP contribution is -2.43. The zero-order valence-electron chi connectivity index (χ0n) is 11.0. The Morgan fingerprint density at radius 1 is 1.33 bits per heavy atom. The molecule has 0 bridgehead atoms. The molecule has 0 aliphatic heterocycles. The minimum absolute atomic E-state index is 0.0699. The van der Waals surface area contributed by atoms with Crippen molar-refractivity contribution in [3.8, 4) is 0 Å². The number of esters is 1. The van der Waals surface area contributed by atoms with Gasteiger partial charge in [0, 0.05) is 11.3 Å². The van der Waals surface area contributed by atoms with Gasteiger partial charge in [-0.1, -0.05) is 6.92 Å². The van der Waals surface area contributed by atoms with Gasteiger partial charge in [0.2, 0.25) is 0 Å². The van der Waals surface area contributed by atoms with Crippen molar-refractivity contribution in [1.29, 1.82) is 0 Å². The minimum atomic E-state index is -0.404. The van der Waals surface area contributed by atoms with E-state index in [9.17, 15) is 9.59 Å². The van der Waals surface area contributed by atoms with Gasteiger partial charge >= 0.3 is 12.0 Å². The molecule has 104 valence electrons. The van der Waals surface area contributed by atoms with E-state index in [0.717, 1.165) is 25.0 Å². The molecule has 1 aliphatic rings. The smallest absolute Gasteiger partial charge is 0.325 e. The molecule has 2 amide bonds. The lowest BCUT2D eigenvalue weighted by Gasteiger charge is -2.13. The maximum absolute atomic E-state index is 11.5. The largest absolute Gasteiger partial charge is 0.465 e. The summed E-state index contributed by atoms with van der Waals surface area (Å²) in [4.78, 5) is 22.6. The Balaban J connectivity index is 2.15. The molecule has 0 aromatic carbocycles. The van der Waals surface area contributed by atoms with Crippen molar-refractivity contribution in [1.82, 2.24) is 10.6 Å². The van der Waals surface area contributed by atoms with E-state index in [-0.39, 0.29) is 18.6 Å². The topological polar surface area (TPSA) is 67.4 Å². The van der Waals surface area contributed by atoms with Gasteiger partial charge in [-0.2, -0.15) is 11.8 Å². The number of ether oxygens (including phenoxy) is 1. The highest BCUT2D eigenvalue weighted by Crippen LogP contribution is 2.29. The van der Waals surface area contributed by atoms with E-state index in [2.05, 4.69) is 17.6 Å². The van der Waals surface area contributed by atoms with Gasteiger partial charge in [-0.15, -0.1) is 0 Å². The van der Waals surface area contributed by atoms with Crippen molar-refractivity contribution < 1.29 is 14.3 Å². The molecule has 0 aromatic heterocycles. The maximum Gasteiger partial charge on any atom is 0.325 e. The lowest BCUT2D eigenvalue weighted by atomic mass is 10.2. The van der Waals surface area contributed by atoms with Crippen LogP contribution in [-0.4, -0.2) is 42.2 Å². The number of carbonyl (C=O) groups excluding carboxylic acids is 2. The average molecular weight is 274 g/mol. The number of carbonyl (C=O) groups is 2. The third kappa shape index (κ3) is 5.62. The lowest BCUT2D eigenvalue weighted by molar-refractivity contribution is -0.141. The van der Waals surface area contributed by atoms with Gasteiger partial charge in [-0.05, 0) is 31.9 Å². The summed E-state index contributed by atoms with van der Waals surface area (Å²) in [5, 5.41) is 6.06. The first-order valence-corrected chi connectivity index (χ1v) is 7.52. The first-order chi connectivity index (χ1) is 8.65. The summed E-state index contributed by atoms with van der Waals surface area (Å²) in [7, 11) is 0. The number of nitrogens with one attached hydrogen (secondary N) is 2. The van der Waals surface area contributed by atoms with E-state index in [1.807, 2.05) is 11.8 Å². The Morgan fingerprint density at radius 2 is 2.11 bits per heavy atom. The number of hydrogen-bond acceptors (Lipinski definition) is 4. The summed E-state index contributed by atoms with van der Waals surface area (Å²) in [6.45, 7) is 4.15. The van der Waals surface area contributed by atoms with Crippen molar-refractivity contribution in [2.75, 3.05) is 18.9 Å². The van der Waals surface area contributed by atoms with Crippen LogP contribution in [0, 0.1) is 0 Å². The average Bonchev–Trinajstić information content (AvgIpc) is 2.75. The summed E-state index contributed by atoms with van der Waals surface area (Å²) < 4.78 is 4.73. The first-order valence-electron chi connectivity index (χ1n) is 6.47. The minimum Gasteiger partial charge on any atom is -0.465 e. The predicted molar refractivity (Wildman–Crippen MR) is 72.7 cm³/mol. The summed E-state index contributed by atoms with van der Waals surface area (Å²) >= 11 is 1.95. The second-order valence-corrected chi connectivity index (χ2v) is 5.80. The molecule has 2 atom stereocenters. The Labute approximate surface area is 112 Å². The Hall–Kier alpha value is -0.910. The van der Waals surface area contributed by atoms with E-state index in [1.54, 1.807) is 6.92 Å². The van der Waals surface area contributed by atoms with Crippen LogP contribution < -0.4 is 10.6 Å². The van der Waals surface area contributed by atoms with E-state index in [4.69, 9.17) is 4.74 Å². The number of urea groups is 1. The molecule has 0 spiro atoms. The van der Waals surface area contributed by atoms with Crippen LogP contribution in [-0.2, 0) is 9.53 Å². The predicted octanol–water partition coefficient (Wildman–Crippen LogP) is 1.52. The highest BCUT2D eigenvalue weighted by molar-refractivity contribution is 7.99. The molecule has 1 aliphatic carbocycles. The van der Waals surface area contributed by atoms with Gasteiger partial charge in [0.1, 0.15) is 6.54 Å². The number of hydrogen-bond donors (Lipinski definition) is 2. The Bertz CT molecular complexity index is 286. The first kappa shape index (κ1) is 15.1. The quantitative estimate of drug-likeness (QED) is 0.721. The van der Waals surface area contributed by atoms with Crippen LogP contribution in [0.25, 0.3) is 0 Å². The van der Waals surface area contributed by atoms with Crippen molar-refractivity contribution in [2.45, 2.75) is 44.4 Å². The van der Waals surface area contributed by atoms with Crippen molar-refractivity contribution in [2.24, 2.45) is 0 Å². The van der Waals surface area contributed by atoms with Crippen LogP contribution in [0.4, 0.5) is 4.79 Å². The van der Waals surface area contributed by atoms with Crippen LogP contribution >= 0.6 is 11.8 Å². The van der Waals surface area contributed by atoms with E-state index in [0.29, 0.717) is 11.9 Å². The number of rotatable bonds is 6. The fourth-order valence-corrected chi connectivity index (χ4v) is 3.20. The second kappa shape index (κ2) is 8.24. The van der Waals surface area contributed by atoms with Gasteiger partial charge in [-0.25, -0.2) is 4.79 Å². The molecule has 1 fully saturated rings. The van der Waals surface area contributed by atoms with Crippen LogP contribution in [0.2, 0.25) is 0 Å². The highest BCUT2D eigenvalue weighted by atomic mass is 32.2. The second-order valence-electron chi connectivity index (χ2n) is 4.22. The van der Waals surface area contributed by atoms with Crippen molar-refractivity contribution in [3.05, 3.63) is 0 Å². The van der Waals surface area contributed by atoms with Crippen LogP contribution in [0.15, 0.2) is 0 Å². The Kier molecular flexibility index (Phi) is 6.93. The zero-order valence-corrected chi connectivity index (χ0v) is 11.8. The fourth-order valence-electron chi connectivity index (χ4n) is 2.06. The van der Waals surface area contributed by atoms with Crippen LogP contribution in [0.1, 0.15) is 33.1 Å². The maximum atomic E-state index is 11.5. The van der Waals surface area contributed by atoms with E-state index < -0.39 is 5.97 Å². The third-order valence-electron chi connectivity index (χ3n) is 2.82. The van der Waals surface area contributed by atoms with E-state index in [1.165, 1.54) is 0 Å². The number of amides is 2. The molecule has 0 radical (unpaired) electrons. The summed E-state index contributed by atoms with van der Waals surface area (Å²) in [5.74, 6) is 0.713. The van der Waals surface area contributed by atoms with Crippen molar-refractivity contribution >= 4 is 23.8 Å². The number of thioether (sulfide) groups is 1. The molecule has 6 heteroatoms. The molecule has 2 N–H and O–H groups in total. The normalized spacial score (nSPS) is 22.6. The summed E-state index contributed by atoms with van der Waals surface area (Å²) in [6, 6.07) is -0.0496. The van der Waals surface area contributed by atoms with Gasteiger partial charge < -0.3 is 15.4 Å². The molecule has 0 heterocycles. The molecule has 5 nitrogen and oxygen atoms in total. The van der Waals surface area contributed by atoms with Crippen LogP contribution in [0.3, 0.4) is 0 Å². The van der Waals surface area contributed by atoms with E-state index >= 15 is 0 Å². The molecule has 1 saturated carbocycles. The molecule has 0 aromatic rings. The third-order valence-corrected chi connectivity index (χ3v) is 4.05. The fraction of sp³-hybridized carbons (Fsp3) is 0.833. The van der Waals surface area contributed by atoms with Gasteiger partial charge in [0.05, 0.1) is 6.61 Å². The highest BCUT2D eigenvalue weighted by Gasteiger charge is 2.25. The Morgan fingerprint density at radius 3 is 2.78 bits per heavy atom. The van der Waals surface area contributed by atoms with Gasteiger partial charge in [0.25, 0.3) is 0 Å². The molecule has 1 rings (SSSR count). The molecular formula is C12H22N2O3S. The molecular weight excluding hydrogens is 252 g/mol. The molecule has 0 saturated heterocycles. The summed E-state index contributed by atoms with van der Waals surface area (Å²) in [5.41, 5.74) is 0. The van der Waals surface area contributed by atoms with Gasteiger partial charge in [0.15, 0.2) is 0 Å². The molecule has 2 unspecified atom stereocenters. The zero-order chi connectivity index (χ0) is 13.4. The SMILES string of the molecule is CCOC(=O)CNC(=O)NC1CCC(SCC)C1. The summed E-state index contributed by atoms with van der Waals surface area (Å²) in [6.07, 6.45) is 3.19. The monoisotopic (exact) mass is 274 g/mol. The van der Waals surface area contributed by atoms with Gasteiger partial charge in [-0.3, -0.25) is 4.79 Å². The molecule has 18 heavy (non-hydrogen) atoms.